The first-order valence-electron chi connectivity index (χ1n) is 12.3. The SMILES string of the molecule is O[PH](c1ccccc1)(c1ccccc1)c1cccc(-c2nc3ccccc3c3nc4ccccn4c23)c1. The van der Waals surface area contributed by atoms with Crippen LogP contribution < -0.4 is 15.9 Å². The maximum absolute atomic E-state index is 12.5. The molecule has 3 heterocycles. The van der Waals surface area contributed by atoms with E-state index < -0.39 is 7.49 Å². The van der Waals surface area contributed by atoms with E-state index in [0.29, 0.717) is 0 Å². The van der Waals surface area contributed by atoms with Crippen LogP contribution >= 0.6 is 7.49 Å². The summed E-state index contributed by atoms with van der Waals surface area (Å²) in [4.78, 5) is 22.6. The number of hydrogen-bond acceptors (Lipinski definition) is 3. The van der Waals surface area contributed by atoms with Gasteiger partial charge in [-0.3, -0.25) is 0 Å². The van der Waals surface area contributed by atoms with Gasteiger partial charge in [-0.25, -0.2) is 0 Å². The van der Waals surface area contributed by atoms with Gasteiger partial charge < -0.3 is 0 Å². The number of benzene rings is 4. The summed E-state index contributed by atoms with van der Waals surface area (Å²) in [5.74, 6) is 0. The fraction of sp³-hybridized carbons (Fsp3) is 0. The fourth-order valence-electron chi connectivity index (χ4n) is 5.31. The van der Waals surface area contributed by atoms with Crippen molar-refractivity contribution in [3.05, 3.63) is 134 Å². The fourth-order valence-corrected chi connectivity index (χ4v) is 8.36. The quantitative estimate of drug-likeness (QED) is 0.321. The monoisotopic (exact) mass is 497 g/mol. The van der Waals surface area contributed by atoms with Crippen molar-refractivity contribution >= 4 is 51.0 Å². The number of imidazole rings is 1. The van der Waals surface area contributed by atoms with Crippen LogP contribution in [0.15, 0.2) is 134 Å². The molecule has 178 valence electrons. The third kappa shape index (κ3) is 3.46. The molecule has 1 N–H and O–H groups in total. The van der Waals surface area contributed by atoms with Crippen molar-refractivity contribution in [1.29, 1.82) is 0 Å². The Morgan fingerprint density at radius 3 is 2.00 bits per heavy atom. The average Bonchev–Trinajstić information content (AvgIpc) is 3.37. The van der Waals surface area contributed by atoms with Gasteiger partial charge in [-0.1, -0.05) is 0 Å². The molecular weight excluding hydrogens is 473 g/mol. The normalized spacial score (nSPS) is 12.4. The number of aromatic nitrogens is 3. The minimum atomic E-state index is -3.25. The molecule has 0 fully saturated rings. The van der Waals surface area contributed by atoms with Gasteiger partial charge >= 0.3 is 215 Å². The van der Waals surface area contributed by atoms with Crippen LogP contribution in [0, 0.1) is 0 Å². The number of para-hydroxylation sites is 1. The van der Waals surface area contributed by atoms with Gasteiger partial charge in [-0.05, 0) is 0 Å². The Morgan fingerprint density at radius 2 is 1.24 bits per heavy atom. The molecule has 0 aliphatic carbocycles. The van der Waals surface area contributed by atoms with E-state index in [1.54, 1.807) is 0 Å². The average molecular weight is 498 g/mol. The summed E-state index contributed by atoms with van der Waals surface area (Å²) in [6.45, 7) is 0. The summed E-state index contributed by atoms with van der Waals surface area (Å²) in [5.41, 5.74) is 5.49. The number of fused-ring (bicyclic) bond motifs is 5. The zero-order valence-electron chi connectivity index (χ0n) is 20.0. The molecule has 7 rings (SSSR count). The van der Waals surface area contributed by atoms with Gasteiger partial charge in [0.25, 0.3) is 0 Å². The summed E-state index contributed by atoms with van der Waals surface area (Å²) in [5, 5.41) is 3.84. The van der Waals surface area contributed by atoms with Crippen LogP contribution in [0.4, 0.5) is 0 Å². The zero-order chi connectivity index (χ0) is 24.8. The van der Waals surface area contributed by atoms with Crippen molar-refractivity contribution in [2.75, 3.05) is 0 Å². The molecule has 37 heavy (non-hydrogen) atoms. The van der Waals surface area contributed by atoms with Crippen molar-refractivity contribution in [3.8, 4) is 11.3 Å². The van der Waals surface area contributed by atoms with E-state index in [1.807, 2.05) is 115 Å². The molecule has 7 aromatic rings. The predicted molar refractivity (Wildman–Crippen MR) is 156 cm³/mol. The van der Waals surface area contributed by atoms with Crippen molar-refractivity contribution < 1.29 is 4.89 Å². The molecule has 0 aliphatic heterocycles. The Kier molecular flexibility index (Phi) is 5.10. The molecule has 3 aromatic heterocycles. The second-order valence-electron chi connectivity index (χ2n) is 9.24. The Hall–Kier alpha value is -4.37. The van der Waals surface area contributed by atoms with Gasteiger partial charge in [0.2, 0.25) is 0 Å². The molecule has 5 heteroatoms. The summed E-state index contributed by atoms with van der Waals surface area (Å²) in [7, 11) is -3.25. The Bertz CT molecular complexity index is 1860. The van der Waals surface area contributed by atoms with E-state index in [1.165, 1.54) is 0 Å². The van der Waals surface area contributed by atoms with E-state index in [-0.39, 0.29) is 0 Å². The van der Waals surface area contributed by atoms with Crippen LogP contribution in [0.3, 0.4) is 0 Å². The molecule has 0 amide bonds. The third-order valence-corrected chi connectivity index (χ3v) is 10.6. The number of nitrogens with zero attached hydrogens (tertiary/aromatic N) is 3. The first kappa shape index (κ1) is 21.9. The van der Waals surface area contributed by atoms with Crippen molar-refractivity contribution in [3.63, 3.8) is 0 Å². The second-order valence-corrected chi connectivity index (χ2v) is 12.4. The minimum absolute atomic E-state index is 0.853. The Balaban J connectivity index is 1.53. The van der Waals surface area contributed by atoms with Crippen molar-refractivity contribution in [2.24, 2.45) is 0 Å². The van der Waals surface area contributed by atoms with E-state index in [9.17, 15) is 4.89 Å². The molecule has 0 aliphatic rings. The molecule has 4 nitrogen and oxygen atoms in total. The van der Waals surface area contributed by atoms with Crippen LogP contribution in [-0.4, -0.2) is 19.3 Å². The topological polar surface area (TPSA) is 50.4 Å². The summed E-state index contributed by atoms with van der Waals surface area (Å²) in [6.07, 6.45) is 2.04. The van der Waals surface area contributed by atoms with Gasteiger partial charge in [-0.15, -0.1) is 0 Å². The number of hydrogen-bond donors (Lipinski definition) is 1. The van der Waals surface area contributed by atoms with Crippen LogP contribution in [0.2, 0.25) is 0 Å². The molecule has 0 unspecified atom stereocenters. The van der Waals surface area contributed by atoms with E-state index in [2.05, 4.69) is 22.6 Å². The summed E-state index contributed by atoms with van der Waals surface area (Å²) in [6, 6.07) is 42.5. The van der Waals surface area contributed by atoms with Gasteiger partial charge in [0.1, 0.15) is 0 Å². The molecule has 0 atom stereocenters. The van der Waals surface area contributed by atoms with E-state index in [0.717, 1.165) is 54.8 Å². The molecule has 4 aromatic carbocycles. The predicted octanol–water partition coefficient (Wildman–Crippen LogP) is 5.64. The number of rotatable bonds is 4. The van der Waals surface area contributed by atoms with Gasteiger partial charge in [0, 0.05) is 0 Å². The van der Waals surface area contributed by atoms with Crippen molar-refractivity contribution in [1.82, 2.24) is 14.4 Å². The first-order valence-corrected chi connectivity index (χ1v) is 14.3. The summed E-state index contributed by atoms with van der Waals surface area (Å²) < 4.78 is 2.11. The van der Waals surface area contributed by atoms with Crippen LogP contribution in [0.1, 0.15) is 0 Å². The molecule has 0 saturated carbocycles. The maximum atomic E-state index is 12.5. The van der Waals surface area contributed by atoms with Crippen LogP contribution in [-0.2, 0) is 0 Å². The third-order valence-electron chi connectivity index (χ3n) is 7.08. The molecule has 0 radical (unpaired) electrons. The van der Waals surface area contributed by atoms with Gasteiger partial charge in [0.15, 0.2) is 0 Å². The molecule has 0 bridgehead atoms. The Morgan fingerprint density at radius 1 is 0.595 bits per heavy atom. The van der Waals surface area contributed by atoms with Crippen LogP contribution in [0.25, 0.3) is 38.8 Å². The summed E-state index contributed by atoms with van der Waals surface area (Å²) >= 11 is 0. The van der Waals surface area contributed by atoms with E-state index >= 15 is 0 Å². The van der Waals surface area contributed by atoms with Crippen molar-refractivity contribution in [2.45, 2.75) is 0 Å². The zero-order valence-corrected chi connectivity index (χ0v) is 21.0. The standard InChI is InChI=1S/C32H24N3OP/c36-37(24-13-3-1-4-14-24,25-15-5-2-6-16-25)26-17-11-12-23(22-26)30-32-31(27-18-7-8-19-28(27)33-30)34-29-20-9-10-21-35(29)32/h1-22,36-37H. The van der Waals surface area contributed by atoms with E-state index in [4.69, 9.17) is 9.97 Å². The second kappa shape index (κ2) is 8.63. The molecule has 0 saturated heterocycles. The molecular formula is C32H24N3OP. The Labute approximate surface area is 214 Å². The van der Waals surface area contributed by atoms with Gasteiger partial charge in [-0.2, -0.15) is 0 Å². The molecule has 0 spiro atoms. The van der Waals surface area contributed by atoms with Crippen LogP contribution in [0.5, 0.6) is 0 Å². The van der Waals surface area contributed by atoms with Gasteiger partial charge in [0.05, 0.1) is 0 Å². The first-order chi connectivity index (χ1) is 18.2. The number of pyridine rings is 2.